The van der Waals surface area contributed by atoms with Crippen LogP contribution in [0.3, 0.4) is 0 Å². The van der Waals surface area contributed by atoms with E-state index in [0.717, 1.165) is 4.88 Å². The van der Waals surface area contributed by atoms with Crippen molar-refractivity contribution in [3.05, 3.63) is 45.8 Å². The lowest BCUT2D eigenvalue weighted by Crippen LogP contribution is -1.71. The fourth-order valence-corrected chi connectivity index (χ4v) is 2.60. The number of hydrogen-bond acceptors (Lipinski definition) is 5. The molecule has 3 rings (SSSR count). The Morgan fingerprint density at radius 3 is 2.65 bits per heavy atom. The summed E-state index contributed by atoms with van der Waals surface area (Å²) in [5.74, 6) is 1.10. The molecule has 0 aliphatic carbocycles. The molecule has 0 amide bonds. The zero-order valence-electron chi connectivity index (χ0n) is 8.74. The molecule has 0 bridgehead atoms. The fourth-order valence-electron chi connectivity index (χ4n) is 1.34. The van der Waals surface area contributed by atoms with Gasteiger partial charge in [0.1, 0.15) is 0 Å². The highest BCUT2D eigenvalue weighted by Crippen LogP contribution is 2.23. The van der Waals surface area contributed by atoms with E-state index in [2.05, 4.69) is 10.2 Å². The predicted molar refractivity (Wildman–Crippen MR) is 70.9 cm³/mol. The topological polar surface area (TPSA) is 38.9 Å². The van der Waals surface area contributed by atoms with Crippen LogP contribution in [-0.4, -0.2) is 10.2 Å². The summed E-state index contributed by atoms with van der Waals surface area (Å²) in [6.07, 6.45) is 3.80. The molecule has 0 aliphatic heterocycles. The summed E-state index contributed by atoms with van der Waals surface area (Å²) < 4.78 is 5.53. The largest absolute Gasteiger partial charge is 0.416 e. The van der Waals surface area contributed by atoms with Crippen LogP contribution >= 0.6 is 22.7 Å². The third-order valence-electron chi connectivity index (χ3n) is 2.11. The van der Waals surface area contributed by atoms with E-state index < -0.39 is 0 Å². The van der Waals surface area contributed by atoms with Crippen LogP contribution in [-0.2, 0) is 0 Å². The molecular formula is C12H8N2OS2. The van der Waals surface area contributed by atoms with Crippen molar-refractivity contribution in [3.8, 4) is 10.8 Å². The maximum absolute atomic E-state index is 5.53. The van der Waals surface area contributed by atoms with E-state index in [4.69, 9.17) is 4.42 Å². The molecule has 17 heavy (non-hydrogen) atoms. The molecular weight excluding hydrogens is 252 g/mol. The van der Waals surface area contributed by atoms with Crippen molar-refractivity contribution in [1.29, 1.82) is 0 Å². The van der Waals surface area contributed by atoms with Crippen molar-refractivity contribution in [2.24, 2.45) is 0 Å². The Hall–Kier alpha value is -1.72. The lowest BCUT2D eigenvalue weighted by molar-refractivity contribution is 0.559. The van der Waals surface area contributed by atoms with Gasteiger partial charge in [0, 0.05) is 11.0 Å². The monoisotopic (exact) mass is 260 g/mol. The van der Waals surface area contributed by atoms with Gasteiger partial charge >= 0.3 is 0 Å². The molecule has 0 spiro atoms. The summed E-state index contributed by atoms with van der Waals surface area (Å²) in [4.78, 5) is 2.16. The Kier molecular flexibility index (Phi) is 2.85. The lowest BCUT2D eigenvalue weighted by Gasteiger charge is -1.84. The van der Waals surface area contributed by atoms with E-state index in [1.54, 1.807) is 22.7 Å². The average Bonchev–Trinajstić information content (AvgIpc) is 3.09. The molecule has 0 aliphatic rings. The van der Waals surface area contributed by atoms with Gasteiger partial charge in [0.15, 0.2) is 0 Å². The van der Waals surface area contributed by atoms with Crippen LogP contribution in [0.4, 0.5) is 0 Å². The zero-order chi connectivity index (χ0) is 11.5. The molecule has 0 atom stereocenters. The van der Waals surface area contributed by atoms with Gasteiger partial charge in [-0.1, -0.05) is 12.1 Å². The summed E-state index contributed by atoms with van der Waals surface area (Å²) in [6, 6.07) is 7.98. The van der Waals surface area contributed by atoms with E-state index in [9.17, 15) is 0 Å². The van der Waals surface area contributed by atoms with Gasteiger partial charge in [0.2, 0.25) is 5.89 Å². The van der Waals surface area contributed by atoms with Crippen LogP contribution in [0.5, 0.6) is 0 Å². The first-order valence-electron chi connectivity index (χ1n) is 5.01. The quantitative estimate of drug-likeness (QED) is 0.713. The minimum atomic E-state index is 0.529. The molecule has 0 unspecified atom stereocenters. The first-order valence-corrected chi connectivity index (χ1v) is 6.77. The highest BCUT2D eigenvalue weighted by Gasteiger charge is 2.06. The van der Waals surface area contributed by atoms with E-state index in [1.807, 2.05) is 47.2 Å². The van der Waals surface area contributed by atoms with Gasteiger partial charge in [-0.3, -0.25) is 0 Å². The molecule has 3 aromatic rings. The van der Waals surface area contributed by atoms with Gasteiger partial charge in [-0.05, 0) is 29.0 Å². The van der Waals surface area contributed by atoms with Crippen LogP contribution in [0.2, 0.25) is 0 Å². The predicted octanol–water partition coefficient (Wildman–Crippen LogP) is 4.03. The number of aromatic nitrogens is 2. The number of nitrogens with zero attached hydrogens (tertiary/aromatic N) is 2. The second-order valence-electron chi connectivity index (χ2n) is 3.27. The van der Waals surface area contributed by atoms with Crippen molar-refractivity contribution >= 4 is 34.8 Å². The second kappa shape index (κ2) is 4.65. The number of thiophene rings is 2. The molecule has 0 saturated heterocycles. The molecule has 3 nitrogen and oxygen atoms in total. The highest BCUT2D eigenvalue weighted by molar-refractivity contribution is 7.13. The minimum Gasteiger partial charge on any atom is -0.416 e. The summed E-state index contributed by atoms with van der Waals surface area (Å²) in [7, 11) is 0. The standard InChI is InChI=1S/C12H8N2OS2/c1-3-9(16-7-1)5-6-11-13-14-12(15-11)10-4-2-8-17-10/h1-8H. The Bertz CT molecular complexity index is 609. The maximum atomic E-state index is 5.53. The van der Waals surface area contributed by atoms with Crippen LogP contribution in [0.15, 0.2) is 39.4 Å². The zero-order valence-corrected chi connectivity index (χ0v) is 10.4. The molecule has 0 radical (unpaired) electrons. The summed E-state index contributed by atoms with van der Waals surface area (Å²) in [5.41, 5.74) is 0. The Morgan fingerprint density at radius 1 is 1.00 bits per heavy atom. The molecule has 5 heteroatoms. The smallest absolute Gasteiger partial charge is 0.258 e. The van der Waals surface area contributed by atoms with E-state index in [0.29, 0.717) is 11.8 Å². The van der Waals surface area contributed by atoms with Crippen molar-refractivity contribution in [3.63, 3.8) is 0 Å². The number of hydrogen-bond donors (Lipinski definition) is 0. The van der Waals surface area contributed by atoms with Crippen LogP contribution in [0.25, 0.3) is 22.9 Å². The highest BCUT2D eigenvalue weighted by atomic mass is 32.1. The fraction of sp³-hybridized carbons (Fsp3) is 0. The van der Waals surface area contributed by atoms with Gasteiger partial charge in [-0.25, -0.2) is 0 Å². The van der Waals surface area contributed by atoms with Crippen molar-refractivity contribution < 1.29 is 4.42 Å². The molecule has 3 heterocycles. The lowest BCUT2D eigenvalue weighted by atomic mass is 10.4. The van der Waals surface area contributed by atoms with Crippen LogP contribution in [0, 0.1) is 0 Å². The Balaban J connectivity index is 1.82. The normalized spacial score (nSPS) is 11.3. The Morgan fingerprint density at radius 2 is 1.88 bits per heavy atom. The van der Waals surface area contributed by atoms with E-state index in [1.165, 1.54) is 4.88 Å². The van der Waals surface area contributed by atoms with Crippen molar-refractivity contribution in [2.75, 3.05) is 0 Å². The SMILES string of the molecule is C(=Cc1cccs1)c1nnc(-c2cccs2)o1. The van der Waals surface area contributed by atoms with Crippen molar-refractivity contribution in [2.45, 2.75) is 0 Å². The molecule has 3 aromatic heterocycles. The van der Waals surface area contributed by atoms with Crippen molar-refractivity contribution in [1.82, 2.24) is 10.2 Å². The van der Waals surface area contributed by atoms with Gasteiger partial charge in [0.05, 0.1) is 4.88 Å². The molecule has 0 N–H and O–H groups in total. The first kappa shape index (κ1) is 10.4. The van der Waals surface area contributed by atoms with Gasteiger partial charge in [-0.2, -0.15) is 0 Å². The molecule has 0 aromatic carbocycles. The minimum absolute atomic E-state index is 0.529. The summed E-state index contributed by atoms with van der Waals surface area (Å²) in [6.45, 7) is 0. The third kappa shape index (κ3) is 2.35. The first-order chi connectivity index (χ1) is 8.42. The molecule has 0 saturated carbocycles. The third-order valence-corrected chi connectivity index (χ3v) is 3.80. The van der Waals surface area contributed by atoms with Gasteiger partial charge in [-0.15, -0.1) is 32.9 Å². The second-order valence-corrected chi connectivity index (χ2v) is 5.20. The van der Waals surface area contributed by atoms with E-state index >= 15 is 0 Å². The maximum Gasteiger partial charge on any atom is 0.258 e. The Labute approximate surface area is 106 Å². The summed E-state index contributed by atoms with van der Waals surface area (Å²) >= 11 is 3.26. The molecule has 0 fully saturated rings. The van der Waals surface area contributed by atoms with Crippen LogP contribution in [0.1, 0.15) is 10.8 Å². The molecule has 84 valence electrons. The van der Waals surface area contributed by atoms with Gasteiger partial charge in [0.25, 0.3) is 5.89 Å². The number of rotatable bonds is 3. The van der Waals surface area contributed by atoms with Gasteiger partial charge < -0.3 is 4.42 Å². The average molecular weight is 260 g/mol. The van der Waals surface area contributed by atoms with E-state index in [-0.39, 0.29) is 0 Å². The van der Waals surface area contributed by atoms with Crippen LogP contribution < -0.4 is 0 Å². The summed E-state index contributed by atoms with van der Waals surface area (Å²) in [5, 5.41) is 12.0.